The predicted molar refractivity (Wildman–Crippen MR) is 71.7 cm³/mol. The minimum atomic E-state index is -1.09. The van der Waals surface area contributed by atoms with Gasteiger partial charge in [-0.2, -0.15) is 0 Å². The fourth-order valence-electron chi connectivity index (χ4n) is 1.80. The van der Waals surface area contributed by atoms with Crippen molar-refractivity contribution in [3.05, 3.63) is 53.4 Å². The highest BCUT2D eigenvalue weighted by Crippen LogP contribution is 2.15. The van der Waals surface area contributed by atoms with Gasteiger partial charge in [-0.15, -0.1) is 0 Å². The number of aromatic amines is 1. The van der Waals surface area contributed by atoms with Gasteiger partial charge in [0.1, 0.15) is 17.3 Å². The Balaban J connectivity index is 1.95. The molecule has 1 atom stereocenters. The zero-order valence-corrected chi connectivity index (χ0v) is 11.1. The van der Waals surface area contributed by atoms with Crippen molar-refractivity contribution in [2.75, 3.05) is 6.54 Å². The lowest BCUT2D eigenvalue weighted by molar-refractivity contribution is 0.0909. The van der Waals surface area contributed by atoms with Crippen LogP contribution < -0.4 is 5.32 Å². The number of nitrogens with zero attached hydrogens (tertiary/aromatic N) is 1. The summed E-state index contributed by atoms with van der Waals surface area (Å²) in [6, 6.07) is 5.92. The van der Waals surface area contributed by atoms with Gasteiger partial charge < -0.3 is 15.4 Å². The molecule has 6 heteroatoms. The van der Waals surface area contributed by atoms with E-state index in [2.05, 4.69) is 15.3 Å². The molecular formula is C14H16FN3O2. The maximum absolute atomic E-state index is 13.4. The van der Waals surface area contributed by atoms with E-state index in [1.54, 1.807) is 12.1 Å². The lowest BCUT2D eigenvalue weighted by Crippen LogP contribution is -2.29. The molecular weight excluding hydrogens is 261 g/mol. The zero-order valence-electron chi connectivity index (χ0n) is 11.1. The summed E-state index contributed by atoms with van der Waals surface area (Å²) in [5, 5.41) is 12.4. The van der Waals surface area contributed by atoms with Crippen LogP contribution in [-0.2, 0) is 6.42 Å². The molecule has 2 rings (SSSR count). The van der Waals surface area contributed by atoms with Gasteiger partial charge in [0.25, 0.3) is 5.91 Å². The second-order valence-electron chi connectivity index (χ2n) is 4.34. The smallest absolute Gasteiger partial charge is 0.269 e. The second kappa shape index (κ2) is 6.29. The van der Waals surface area contributed by atoms with Crippen LogP contribution in [0.5, 0.6) is 0 Å². The van der Waals surface area contributed by atoms with Crippen LogP contribution in [-0.4, -0.2) is 27.5 Å². The van der Waals surface area contributed by atoms with Crippen molar-refractivity contribution in [3.8, 4) is 0 Å². The summed E-state index contributed by atoms with van der Waals surface area (Å²) >= 11 is 0. The van der Waals surface area contributed by atoms with Gasteiger partial charge in [0.15, 0.2) is 0 Å². The summed E-state index contributed by atoms with van der Waals surface area (Å²) in [5.74, 6) is -0.165. The number of aliphatic hydroxyl groups excluding tert-OH is 1. The number of aliphatic hydroxyl groups is 1. The third-order valence-corrected chi connectivity index (χ3v) is 2.93. The Morgan fingerprint density at radius 1 is 1.50 bits per heavy atom. The van der Waals surface area contributed by atoms with Gasteiger partial charge in [0, 0.05) is 18.5 Å². The molecule has 1 heterocycles. The van der Waals surface area contributed by atoms with Gasteiger partial charge in [0.05, 0.1) is 12.3 Å². The van der Waals surface area contributed by atoms with Crippen molar-refractivity contribution in [1.82, 2.24) is 15.3 Å². The van der Waals surface area contributed by atoms with E-state index < -0.39 is 11.9 Å². The van der Waals surface area contributed by atoms with Gasteiger partial charge in [-0.3, -0.25) is 4.79 Å². The van der Waals surface area contributed by atoms with Gasteiger partial charge in [-0.25, -0.2) is 9.37 Å². The van der Waals surface area contributed by atoms with Crippen LogP contribution in [0, 0.1) is 5.82 Å². The Morgan fingerprint density at radius 3 is 2.90 bits per heavy atom. The fraction of sp³-hybridized carbons (Fsp3) is 0.286. The predicted octanol–water partition coefficient (Wildman–Crippen LogP) is 1.57. The molecule has 0 bridgehead atoms. The normalized spacial score (nSPS) is 12.2. The number of aryl methyl sites for hydroxylation is 1. The first-order valence-corrected chi connectivity index (χ1v) is 6.36. The van der Waals surface area contributed by atoms with Gasteiger partial charge in [0.2, 0.25) is 0 Å². The Labute approximate surface area is 115 Å². The number of aromatic nitrogens is 2. The van der Waals surface area contributed by atoms with Crippen molar-refractivity contribution in [1.29, 1.82) is 0 Å². The Hall–Kier alpha value is -2.21. The molecule has 106 valence electrons. The van der Waals surface area contributed by atoms with E-state index in [1.807, 2.05) is 6.92 Å². The summed E-state index contributed by atoms with van der Waals surface area (Å²) in [4.78, 5) is 18.7. The standard InChI is InChI=1S/C14H16FN3O2/c1-2-13-16-7-11(18-13)14(20)17-8-12(19)9-5-3-4-6-10(9)15/h3-7,12,19H,2,8H2,1H3,(H,16,18)(H,17,20). The number of imidazole rings is 1. The zero-order chi connectivity index (χ0) is 14.5. The third kappa shape index (κ3) is 3.21. The SMILES string of the molecule is CCc1ncc(C(=O)NCC(O)c2ccccc2F)[nH]1. The number of halogens is 1. The molecule has 1 unspecified atom stereocenters. The van der Waals surface area contributed by atoms with Crippen molar-refractivity contribution in [2.24, 2.45) is 0 Å². The highest BCUT2D eigenvalue weighted by Gasteiger charge is 2.15. The first-order valence-electron chi connectivity index (χ1n) is 6.36. The number of carbonyl (C=O) groups excluding carboxylic acids is 1. The second-order valence-corrected chi connectivity index (χ2v) is 4.34. The van der Waals surface area contributed by atoms with E-state index in [1.165, 1.54) is 18.3 Å². The first kappa shape index (κ1) is 14.2. The van der Waals surface area contributed by atoms with Gasteiger partial charge >= 0.3 is 0 Å². The van der Waals surface area contributed by atoms with Crippen LogP contribution >= 0.6 is 0 Å². The van der Waals surface area contributed by atoms with E-state index >= 15 is 0 Å². The minimum absolute atomic E-state index is 0.0692. The molecule has 0 radical (unpaired) electrons. The van der Waals surface area contributed by atoms with Crippen LogP contribution in [0.25, 0.3) is 0 Å². The van der Waals surface area contributed by atoms with E-state index in [0.29, 0.717) is 17.9 Å². The lowest BCUT2D eigenvalue weighted by Gasteiger charge is -2.12. The van der Waals surface area contributed by atoms with Crippen molar-refractivity contribution >= 4 is 5.91 Å². The van der Waals surface area contributed by atoms with Crippen molar-refractivity contribution in [3.63, 3.8) is 0 Å². The minimum Gasteiger partial charge on any atom is -0.386 e. The summed E-state index contributed by atoms with van der Waals surface area (Å²) in [6.07, 6.45) is 1.04. The molecule has 0 aliphatic rings. The Bertz CT molecular complexity index is 598. The average molecular weight is 277 g/mol. The topological polar surface area (TPSA) is 78.0 Å². The van der Waals surface area contributed by atoms with E-state index in [9.17, 15) is 14.3 Å². The van der Waals surface area contributed by atoms with Crippen LogP contribution in [0.1, 0.15) is 34.9 Å². The molecule has 1 aromatic carbocycles. The number of carbonyl (C=O) groups is 1. The number of nitrogens with one attached hydrogen (secondary N) is 2. The molecule has 3 N–H and O–H groups in total. The van der Waals surface area contributed by atoms with E-state index in [0.717, 1.165) is 0 Å². The fourth-order valence-corrected chi connectivity index (χ4v) is 1.80. The molecule has 0 aliphatic carbocycles. The number of rotatable bonds is 5. The average Bonchev–Trinajstić information content (AvgIpc) is 2.94. The first-order chi connectivity index (χ1) is 9.61. The van der Waals surface area contributed by atoms with E-state index in [-0.39, 0.29) is 18.0 Å². The number of H-pyrrole nitrogens is 1. The molecule has 0 saturated carbocycles. The summed E-state index contributed by atoms with van der Waals surface area (Å²) in [6.45, 7) is 1.85. The largest absolute Gasteiger partial charge is 0.386 e. The number of amides is 1. The molecule has 5 nitrogen and oxygen atoms in total. The van der Waals surface area contributed by atoms with Gasteiger partial charge in [-0.05, 0) is 6.07 Å². The molecule has 2 aromatic rings. The van der Waals surface area contributed by atoms with Crippen molar-refractivity contribution < 1.29 is 14.3 Å². The van der Waals surface area contributed by atoms with E-state index in [4.69, 9.17) is 0 Å². The molecule has 0 saturated heterocycles. The number of hydrogen-bond donors (Lipinski definition) is 3. The maximum Gasteiger partial charge on any atom is 0.269 e. The van der Waals surface area contributed by atoms with Crippen LogP contribution in [0.15, 0.2) is 30.5 Å². The third-order valence-electron chi connectivity index (χ3n) is 2.93. The highest BCUT2D eigenvalue weighted by atomic mass is 19.1. The van der Waals surface area contributed by atoms with Crippen LogP contribution in [0.2, 0.25) is 0 Å². The van der Waals surface area contributed by atoms with Crippen LogP contribution in [0.3, 0.4) is 0 Å². The molecule has 0 spiro atoms. The number of hydrogen-bond acceptors (Lipinski definition) is 3. The molecule has 20 heavy (non-hydrogen) atoms. The molecule has 0 fully saturated rings. The molecule has 1 amide bonds. The summed E-state index contributed by atoms with van der Waals surface area (Å²) in [5.41, 5.74) is 0.481. The lowest BCUT2D eigenvalue weighted by atomic mass is 10.1. The van der Waals surface area contributed by atoms with Crippen molar-refractivity contribution in [2.45, 2.75) is 19.4 Å². The molecule has 0 aliphatic heterocycles. The highest BCUT2D eigenvalue weighted by molar-refractivity contribution is 5.92. The Morgan fingerprint density at radius 2 is 2.25 bits per heavy atom. The van der Waals surface area contributed by atoms with Gasteiger partial charge in [-0.1, -0.05) is 25.1 Å². The summed E-state index contributed by atoms with van der Waals surface area (Å²) in [7, 11) is 0. The maximum atomic E-state index is 13.4. The Kier molecular flexibility index (Phi) is 4.47. The quantitative estimate of drug-likeness (QED) is 0.776. The summed E-state index contributed by atoms with van der Waals surface area (Å²) < 4.78 is 13.4. The molecule has 1 aromatic heterocycles. The van der Waals surface area contributed by atoms with Crippen LogP contribution in [0.4, 0.5) is 4.39 Å². The monoisotopic (exact) mass is 277 g/mol. The number of benzene rings is 1.